The predicted molar refractivity (Wildman–Crippen MR) is 74.7 cm³/mol. The monoisotopic (exact) mass is 272 g/mol. The van der Waals surface area contributed by atoms with E-state index in [1.165, 1.54) is 0 Å². The van der Waals surface area contributed by atoms with Crippen molar-refractivity contribution in [3.05, 3.63) is 0 Å². The van der Waals surface area contributed by atoms with E-state index in [-0.39, 0.29) is 30.1 Å². The standard InChI is InChI=1S/C14H28N2O3/c1-5-19-11-9-14(15,13(11,3)4)12(18)16-10(2)7-6-8-17/h10-11,17H,5-9,15H2,1-4H3,(H,16,18). The maximum absolute atomic E-state index is 12.3. The molecule has 0 spiro atoms. The van der Waals surface area contributed by atoms with Gasteiger partial charge < -0.3 is 20.9 Å². The minimum absolute atomic E-state index is 0.0296. The Morgan fingerprint density at radius 2 is 2.21 bits per heavy atom. The number of hydrogen-bond donors (Lipinski definition) is 3. The van der Waals surface area contributed by atoms with Crippen LogP contribution in [0.15, 0.2) is 0 Å². The van der Waals surface area contributed by atoms with Crippen molar-refractivity contribution in [2.24, 2.45) is 11.1 Å². The van der Waals surface area contributed by atoms with Crippen molar-refractivity contribution in [1.82, 2.24) is 5.32 Å². The largest absolute Gasteiger partial charge is 0.396 e. The Bertz CT molecular complexity index is 320. The van der Waals surface area contributed by atoms with E-state index in [0.29, 0.717) is 19.4 Å². The molecule has 1 aliphatic carbocycles. The first-order valence-electron chi connectivity index (χ1n) is 7.12. The number of nitrogens with one attached hydrogen (secondary N) is 1. The van der Waals surface area contributed by atoms with E-state index < -0.39 is 5.54 Å². The van der Waals surface area contributed by atoms with Gasteiger partial charge in [0, 0.05) is 31.1 Å². The molecule has 3 atom stereocenters. The van der Waals surface area contributed by atoms with Gasteiger partial charge in [-0.1, -0.05) is 13.8 Å². The average Bonchev–Trinajstić information content (AvgIpc) is 2.35. The summed E-state index contributed by atoms with van der Waals surface area (Å²) in [4.78, 5) is 12.3. The average molecular weight is 272 g/mol. The molecule has 4 N–H and O–H groups in total. The van der Waals surface area contributed by atoms with Crippen LogP contribution in [-0.4, -0.2) is 41.9 Å². The summed E-state index contributed by atoms with van der Waals surface area (Å²) in [7, 11) is 0. The minimum atomic E-state index is -0.861. The summed E-state index contributed by atoms with van der Waals surface area (Å²) in [6.45, 7) is 8.63. The van der Waals surface area contributed by atoms with Gasteiger partial charge in [-0.25, -0.2) is 0 Å². The van der Waals surface area contributed by atoms with E-state index >= 15 is 0 Å². The summed E-state index contributed by atoms with van der Waals surface area (Å²) in [6, 6.07) is 0.0296. The van der Waals surface area contributed by atoms with Crippen molar-refractivity contribution in [3.8, 4) is 0 Å². The van der Waals surface area contributed by atoms with Crippen LogP contribution in [0.1, 0.15) is 47.0 Å². The number of ether oxygens (including phenoxy) is 1. The fourth-order valence-electron chi connectivity index (χ4n) is 2.64. The van der Waals surface area contributed by atoms with Gasteiger partial charge in [-0.15, -0.1) is 0 Å². The molecular formula is C14H28N2O3. The predicted octanol–water partition coefficient (Wildman–Crippen LogP) is 0.796. The Morgan fingerprint density at radius 3 is 2.68 bits per heavy atom. The van der Waals surface area contributed by atoms with Crippen LogP contribution in [0, 0.1) is 5.41 Å². The van der Waals surface area contributed by atoms with Gasteiger partial charge in [0.2, 0.25) is 5.91 Å². The molecule has 1 fully saturated rings. The van der Waals surface area contributed by atoms with Crippen LogP contribution >= 0.6 is 0 Å². The SMILES string of the molecule is CCOC1CC(N)(C(=O)NC(C)CCCO)C1(C)C. The van der Waals surface area contributed by atoms with Crippen LogP contribution in [-0.2, 0) is 9.53 Å². The van der Waals surface area contributed by atoms with Gasteiger partial charge in [0.25, 0.3) is 0 Å². The second-order valence-electron chi connectivity index (χ2n) is 6.08. The number of amides is 1. The van der Waals surface area contributed by atoms with Gasteiger partial charge in [-0.05, 0) is 26.7 Å². The molecule has 5 nitrogen and oxygen atoms in total. The van der Waals surface area contributed by atoms with Gasteiger partial charge in [0.15, 0.2) is 0 Å². The summed E-state index contributed by atoms with van der Waals surface area (Å²) in [5.41, 5.74) is 5.06. The number of carbonyl (C=O) groups excluding carboxylic acids is 1. The quantitative estimate of drug-likeness (QED) is 0.640. The Balaban J connectivity index is 2.57. The molecule has 1 saturated carbocycles. The van der Waals surface area contributed by atoms with Crippen molar-refractivity contribution in [3.63, 3.8) is 0 Å². The summed E-state index contributed by atoms with van der Waals surface area (Å²) < 4.78 is 5.62. The molecule has 19 heavy (non-hydrogen) atoms. The van der Waals surface area contributed by atoms with Gasteiger partial charge in [-0.2, -0.15) is 0 Å². The van der Waals surface area contributed by atoms with Gasteiger partial charge in [0.05, 0.1) is 6.10 Å². The molecule has 3 unspecified atom stereocenters. The third-order valence-electron chi connectivity index (χ3n) is 4.41. The lowest BCUT2D eigenvalue weighted by molar-refractivity contribution is -0.171. The third kappa shape index (κ3) is 3.09. The van der Waals surface area contributed by atoms with Crippen molar-refractivity contribution in [2.45, 2.75) is 64.6 Å². The zero-order valence-electron chi connectivity index (χ0n) is 12.5. The van der Waals surface area contributed by atoms with Crippen molar-refractivity contribution < 1.29 is 14.6 Å². The normalized spacial score (nSPS) is 30.5. The maximum atomic E-state index is 12.3. The van der Waals surface area contributed by atoms with E-state index in [1.807, 2.05) is 27.7 Å². The summed E-state index contributed by atoms with van der Waals surface area (Å²) in [5, 5.41) is 11.7. The molecule has 0 aliphatic heterocycles. The van der Waals surface area contributed by atoms with Gasteiger partial charge in [-0.3, -0.25) is 4.79 Å². The second kappa shape index (κ2) is 6.20. The first-order valence-corrected chi connectivity index (χ1v) is 7.12. The van der Waals surface area contributed by atoms with Crippen LogP contribution in [0.5, 0.6) is 0 Å². The number of nitrogens with two attached hydrogens (primary N) is 1. The van der Waals surface area contributed by atoms with Gasteiger partial charge in [0.1, 0.15) is 5.54 Å². The van der Waals surface area contributed by atoms with Crippen LogP contribution in [0.4, 0.5) is 0 Å². The molecule has 1 rings (SSSR count). The van der Waals surface area contributed by atoms with Crippen LogP contribution < -0.4 is 11.1 Å². The molecule has 112 valence electrons. The number of carbonyl (C=O) groups is 1. The van der Waals surface area contributed by atoms with E-state index in [2.05, 4.69) is 5.32 Å². The Hall–Kier alpha value is -0.650. The van der Waals surface area contributed by atoms with Crippen LogP contribution in [0.2, 0.25) is 0 Å². The fourth-order valence-corrected chi connectivity index (χ4v) is 2.64. The van der Waals surface area contributed by atoms with Crippen molar-refractivity contribution in [2.75, 3.05) is 13.2 Å². The smallest absolute Gasteiger partial charge is 0.241 e. The molecule has 0 aromatic carbocycles. The molecular weight excluding hydrogens is 244 g/mol. The van der Waals surface area contributed by atoms with Crippen molar-refractivity contribution >= 4 is 5.91 Å². The van der Waals surface area contributed by atoms with Crippen LogP contribution in [0.3, 0.4) is 0 Å². The van der Waals surface area contributed by atoms with Crippen LogP contribution in [0.25, 0.3) is 0 Å². The molecule has 5 heteroatoms. The lowest BCUT2D eigenvalue weighted by Gasteiger charge is -2.57. The molecule has 0 radical (unpaired) electrons. The number of hydrogen-bond acceptors (Lipinski definition) is 4. The van der Waals surface area contributed by atoms with E-state index in [9.17, 15) is 4.79 Å². The molecule has 0 heterocycles. The summed E-state index contributed by atoms with van der Waals surface area (Å²) in [6.07, 6.45) is 2.05. The number of aliphatic hydroxyl groups is 1. The molecule has 1 aliphatic rings. The Kier molecular flexibility index (Phi) is 5.35. The topological polar surface area (TPSA) is 84.6 Å². The minimum Gasteiger partial charge on any atom is -0.396 e. The summed E-state index contributed by atoms with van der Waals surface area (Å²) >= 11 is 0. The molecule has 0 saturated heterocycles. The maximum Gasteiger partial charge on any atom is 0.241 e. The Morgan fingerprint density at radius 1 is 1.58 bits per heavy atom. The summed E-state index contributed by atoms with van der Waals surface area (Å²) in [5.74, 6) is -0.112. The first-order chi connectivity index (χ1) is 8.79. The second-order valence-corrected chi connectivity index (χ2v) is 6.08. The lowest BCUT2D eigenvalue weighted by atomic mass is 9.54. The third-order valence-corrected chi connectivity index (χ3v) is 4.41. The lowest BCUT2D eigenvalue weighted by Crippen LogP contribution is -2.76. The zero-order chi connectivity index (χ0) is 14.7. The first kappa shape index (κ1) is 16.4. The number of aliphatic hydroxyl groups excluding tert-OH is 1. The van der Waals surface area contributed by atoms with E-state index in [4.69, 9.17) is 15.6 Å². The van der Waals surface area contributed by atoms with Crippen molar-refractivity contribution in [1.29, 1.82) is 0 Å². The molecule has 0 aromatic heterocycles. The Labute approximate surface area is 115 Å². The van der Waals surface area contributed by atoms with E-state index in [1.54, 1.807) is 0 Å². The van der Waals surface area contributed by atoms with E-state index in [0.717, 1.165) is 6.42 Å². The van der Waals surface area contributed by atoms with Gasteiger partial charge >= 0.3 is 0 Å². The highest BCUT2D eigenvalue weighted by Gasteiger charge is 2.62. The highest BCUT2D eigenvalue weighted by Crippen LogP contribution is 2.49. The fraction of sp³-hybridized carbons (Fsp3) is 0.929. The number of rotatable bonds is 7. The highest BCUT2D eigenvalue weighted by molar-refractivity contribution is 5.89. The zero-order valence-corrected chi connectivity index (χ0v) is 12.5. The molecule has 0 bridgehead atoms. The molecule has 0 aromatic rings. The molecule has 1 amide bonds. The highest BCUT2D eigenvalue weighted by atomic mass is 16.5.